The molecule has 7 nitrogen and oxygen atoms in total. The Bertz CT molecular complexity index is 1230. The Hall–Kier alpha value is -3.65. The van der Waals surface area contributed by atoms with Gasteiger partial charge in [-0.2, -0.15) is 5.10 Å². The van der Waals surface area contributed by atoms with Gasteiger partial charge in [-0.15, -0.1) is 0 Å². The summed E-state index contributed by atoms with van der Waals surface area (Å²) in [5.41, 5.74) is 5.40. The summed E-state index contributed by atoms with van der Waals surface area (Å²) in [4.78, 5) is 12.8. The molecule has 0 saturated heterocycles. The van der Waals surface area contributed by atoms with Gasteiger partial charge in [0.2, 0.25) is 0 Å². The molecule has 0 bridgehead atoms. The predicted molar refractivity (Wildman–Crippen MR) is 125 cm³/mol. The molecule has 0 aliphatic carbocycles. The molecular weight excluding hydrogens is 426 g/mol. The molecule has 0 saturated carbocycles. The van der Waals surface area contributed by atoms with Gasteiger partial charge >= 0.3 is 0 Å². The van der Waals surface area contributed by atoms with Gasteiger partial charge in [0.05, 0.1) is 16.3 Å². The van der Waals surface area contributed by atoms with Gasteiger partial charge in [-0.05, 0) is 68.3 Å². The van der Waals surface area contributed by atoms with Crippen molar-refractivity contribution in [3.8, 4) is 5.75 Å². The van der Waals surface area contributed by atoms with Crippen LogP contribution in [0.2, 0.25) is 0 Å². The number of benzene rings is 3. The summed E-state index contributed by atoms with van der Waals surface area (Å²) >= 11 is 0. The first-order valence-corrected chi connectivity index (χ1v) is 11.4. The van der Waals surface area contributed by atoms with Crippen LogP contribution in [0.3, 0.4) is 0 Å². The molecule has 3 aromatic rings. The molecule has 3 rings (SSSR count). The average Bonchev–Trinajstić information content (AvgIpc) is 2.76. The Labute approximate surface area is 188 Å². The number of nitrogens with zero attached hydrogens (tertiary/aromatic N) is 2. The minimum Gasteiger partial charge on any atom is -0.507 e. The normalized spacial score (nSPS) is 11.8. The van der Waals surface area contributed by atoms with Crippen LogP contribution in [0, 0.1) is 13.8 Å². The van der Waals surface area contributed by atoms with Crippen molar-refractivity contribution in [2.45, 2.75) is 25.7 Å². The number of sulfonamides is 1. The van der Waals surface area contributed by atoms with Crippen molar-refractivity contribution in [3.05, 3.63) is 89.5 Å². The Morgan fingerprint density at radius 2 is 1.56 bits per heavy atom. The number of carbonyl (C=O) groups is 1. The van der Waals surface area contributed by atoms with Crippen LogP contribution in [-0.2, 0) is 14.8 Å². The first-order chi connectivity index (χ1) is 15.2. The third kappa shape index (κ3) is 5.33. The topological polar surface area (TPSA) is 99.1 Å². The fourth-order valence-electron chi connectivity index (χ4n) is 3.28. The number of hydrogen-bond donors (Lipinski definition) is 2. The van der Waals surface area contributed by atoms with E-state index in [1.807, 2.05) is 19.9 Å². The van der Waals surface area contributed by atoms with Crippen molar-refractivity contribution < 1.29 is 18.3 Å². The zero-order valence-electron chi connectivity index (χ0n) is 18.1. The van der Waals surface area contributed by atoms with Crippen LogP contribution in [0.5, 0.6) is 5.75 Å². The van der Waals surface area contributed by atoms with Crippen LogP contribution in [0.1, 0.15) is 23.6 Å². The average molecular weight is 452 g/mol. The predicted octanol–water partition coefficient (Wildman–Crippen LogP) is 3.74. The van der Waals surface area contributed by atoms with E-state index in [0.29, 0.717) is 17.0 Å². The van der Waals surface area contributed by atoms with E-state index < -0.39 is 22.5 Å². The first kappa shape index (κ1) is 23.0. The lowest BCUT2D eigenvalue weighted by atomic mass is 10.1. The van der Waals surface area contributed by atoms with Gasteiger partial charge in [0.25, 0.3) is 15.9 Å². The summed E-state index contributed by atoms with van der Waals surface area (Å²) in [5.74, 6) is -0.579. The highest BCUT2D eigenvalue weighted by molar-refractivity contribution is 7.92. The third-order valence-corrected chi connectivity index (χ3v) is 6.54. The van der Waals surface area contributed by atoms with Gasteiger partial charge in [-0.1, -0.05) is 36.4 Å². The van der Waals surface area contributed by atoms with Crippen molar-refractivity contribution in [1.82, 2.24) is 5.43 Å². The maximum absolute atomic E-state index is 13.4. The number of hydrazone groups is 1. The molecule has 0 aliphatic heterocycles. The van der Waals surface area contributed by atoms with E-state index in [4.69, 9.17) is 0 Å². The Kier molecular flexibility index (Phi) is 6.95. The van der Waals surface area contributed by atoms with Crippen molar-refractivity contribution in [3.63, 3.8) is 0 Å². The van der Waals surface area contributed by atoms with Gasteiger partial charge in [0.1, 0.15) is 12.3 Å². The highest BCUT2D eigenvalue weighted by Crippen LogP contribution is 2.25. The molecule has 0 spiro atoms. The van der Waals surface area contributed by atoms with Crippen LogP contribution in [0.15, 0.2) is 82.8 Å². The number of anilines is 1. The van der Waals surface area contributed by atoms with Crippen LogP contribution >= 0.6 is 0 Å². The summed E-state index contributed by atoms with van der Waals surface area (Å²) in [6, 6.07) is 19.9. The number of phenols is 1. The van der Waals surface area contributed by atoms with Crippen LogP contribution < -0.4 is 9.73 Å². The maximum Gasteiger partial charge on any atom is 0.264 e. The van der Waals surface area contributed by atoms with Crippen molar-refractivity contribution >= 4 is 27.3 Å². The highest BCUT2D eigenvalue weighted by Gasteiger charge is 2.27. The van der Waals surface area contributed by atoms with Crippen LogP contribution in [-0.4, -0.2) is 31.7 Å². The molecule has 0 fully saturated rings. The molecular formula is C24H25N3O4S. The van der Waals surface area contributed by atoms with Gasteiger partial charge in [-0.3, -0.25) is 9.10 Å². The standard InChI is InChI=1S/C24H25N3O4S/c1-17-13-18(2)15-20(14-17)27(32(30,31)21-9-5-4-6-10-21)16-24(29)26-25-19(3)22-11-7-8-12-23(22)28/h4-15,28H,16H2,1-3H3,(H,26,29)/b25-19+. The molecule has 0 aromatic heterocycles. The monoisotopic (exact) mass is 451 g/mol. The number of aromatic hydroxyl groups is 1. The largest absolute Gasteiger partial charge is 0.507 e. The molecule has 8 heteroatoms. The van der Waals surface area contributed by atoms with Gasteiger partial charge in [0, 0.05) is 5.56 Å². The smallest absolute Gasteiger partial charge is 0.264 e. The molecule has 2 N–H and O–H groups in total. The lowest BCUT2D eigenvalue weighted by Crippen LogP contribution is -2.39. The molecule has 0 unspecified atom stereocenters. The number of nitrogens with one attached hydrogen (secondary N) is 1. The summed E-state index contributed by atoms with van der Waals surface area (Å²) in [7, 11) is -4.00. The van der Waals surface area contributed by atoms with E-state index >= 15 is 0 Å². The molecule has 32 heavy (non-hydrogen) atoms. The molecule has 3 aromatic carbocycles. The number of carbonyl (C=O) groups excluding carboxylic acids is 1. The number of aryl methyl sites for hydroxylation is 2. The van der Waals surface area contributed by atoms with E-state index in [9.17, 15) is 18.3 Å². The van der Waals surface area contributed by atoms with Gasteiger partial charge in [-0.25, -0.2) is 13.8 Å². The number of rotatable bonds is 7. The minimum atomic E-state index is -4.00. The van der Waals surface area contributed by atoms with E-state index in [0.717, 1.165) is 15.4 Å². The molecule has 166 valence electrons. The first-order valence-electron chi connectivity index (χ1n) is 9.96. The van der Waals surface area contributed by atoms with E-state index in [-0.39, 0.29) is 10.6 Å². The Morgan fingerprint density at radius 3 is 2.19 bits per heavy atom. The van der Waals surface area contributed by atoms with Crippen molar-refractivity contribution in [1.29, 1.82) is 0 Å². The lowest BCUT2D eigenvalue weighted by Gasteiger charge is -2.24. The summed E-state index contributed by atoms with van der Waals surface area (Å²) < 4.78 is 27.8. The Balaban J connectivity index is 1.91. The van der Waals surface area contributed by atoms with Crippen LogP contribution in [0.4, 0.5) is 5.69 Å². The van der Waals surface area contributed by atoms with Gasteiger partial charge in [0.15, 0.2) is 0 Å². The summed E-state index contributed by atoms with van der Waals surface area (Å²) in [6.45, 7) is 4.91. The highest BCUT2D eigenvalue weighted by atomic mass is 32.2. The Morgan fingerprint density at radius 1 is 0.969 bits per heavy atom. The number of phenolic OH excluding ortho intramolecular Hbond substituents is 1. The molecule has 0 heterocycles. The molecule has 0 atom stereocenters. The maximum atomic E-state index is 13.4. The van der Waals surface area contributed by atoms with E-state index in [1.54, 1.807) is 55.5 Å². The second kappa shape index (κ2) is 9.65. The number of hydrogen-bond acceptors (Lipinski definition) is 5. The van der Waals surface area contributed by atoms with E-state index in [1.165, 1.54) is 18.2 Å². The second-order valence-corrected chi connectivity index (χ2v) is 9.28. The number of amides is 1. The lowest BCUT2D eigenvalue weighted by molar-refractivity contribution is -0.119. The molecule has 0 radical (unpaired) electrons. The third-order valence-electron chi connectivity index (χ3n) is 4.75. The summed E-state index contributed by atoms with van der Waals surface area (Å²) in [5, 5.41) is 14.0. The minimum absolute atomic E-state index is 0.0338. The second-order valence-electron chi connectivity index (χ2n) is 7.42. The molecule has 1 amide bonds. The SMILES string of the molecule is C/C(=N\NC(=O)CN(c1cc(C)cc(C)c1)S(=O)(=O)c1ccccc1)c1ccccc1O. The van der Waals surface area contributed by atoms with Gasteiger partial charge < -0.3 is 5.11 Å². The van der Waals surface area contributed by atoms with Crippen molar-refractivity contribution in [2.75, 3.05) is 10.8 Å². The van der Waals surface area contributed by atoms with Crippen LogP contribution in [0.25, 0.3) is 0 Å². The fourth-order valence-corrected chi connectivity index (χ4v) is 4.71. The quantitative estimate of drug-likeness (QED) is 0.422. The number of para-hydroxylation sites is 1. The zero-order valence-corrected chi connectivity index (χ0v) is 18.9. The van der Waals surface area contributed by atoms with Crippen molar-refractivity contribution in [2.24, 2.45) is 5.10 Å². The fraction of sp³-hybridized carbons (Fsp3) is 0.167. The summed E-state index contributed by atoms with van der Waals surface area (Å²) in [6.07, 6.45) is 0. The zero-order chi connectivity index (χ0) is 23.3. The van der Waals surface area contributed by atoms with E-state index in [2.05, 4.69) is 10.5 Å². The molecule has 0 aliphatic rings.